The highest BCUT2D eigenvalue weighted by Crippen LogP contribution is 2.29. The van der Waals surface area contributed by atoms with Crippen molar-refractivity contribution in [3.63, 3.8) is 0 Å². The van der Waals surface area contributed by atoms with Gasteiger partial charge in [0.25, 0.3) is 0 Å². The lowest BCUT2D eigenvalue weighted by molar-refractivity contribution is -0.137. The first-order chi connectivity index (χ1) is 16.1. The summed E-state index contributed by atoms with van der Waals surface area (Å²) in [5.74, 6) is -1.29. The second-order valence-electron chi connectivity index (χ2n) is 10.0. The van der Waals surface area contributed by atoms with Crippen LogP contribution in [0.25, 0.3) is 0 Å². The minimum atomic E-state index is -3.73. The molecule has 3 aliphatic rings. The molecule has 0 bridgehead atoms. The molecule has 2 saturated carbocycles. The molecule has 12 heteroatoms. The van der Waals surface area contributed by atoms with Gasteiger partial charge in [0.1, 0.15) is 0 Å². The Kier molecular flexibility index (Phi) is 9.55. The number of carbonyl (C=O) groups excluding carboxylic acids is 1. The number of hydrogen-bond acceptors (Lipinski definition) is 6. The van der Waals surface area contributed by atoms with Gasteiger partial charge in [-0.3, -0.25) is 14.6 Å². The van der Waals surface area contributed by atoms with Gasteiger partial charge in [-0.2, -0.15) is 0 Å². The molecular formula is C22H40N6O5S. The third-order valence-electron chi connectivity index (χ3n) is 7.37. The third-order valence-corrected chi connectivity index (χ3v) is 9.31. The summed E-state index contributed by atoms with van der Waals surface area (Å²) >= 11 is 0. The second-order valence-corrected chi connectivity index (χ2v) is 12.0. The number of hydrogen-bond donors (Lipinski definition) is 6. The van der Waals surface area contributed by atoms with Crippen molar-refractivity contribution in [1.29, 1.82) is 0 Å². The SMILES string of the molecule is NC(N)=NC1CCCC(C(=O)NC2CCCC(S(=O)(=O)NC(CC(=O)O)C3CCCNC3)C2)C1. The molecule has 0 aromatic rings. The molecule has 0 aromatic carbocycles. The van der Waals surface area contributed by atoms with E-state index in [1.165, 1.54) is 0 Å². The summed E-state index contributed by atoms with van der Waals surface area (Å²) in [6.07, 6.45) is 6.77. The molecule has 34 heavy (non-hydrogen) atoms. The summed E-state index contributed by atoms with van der Waals surface area (Å²) < 4.78 is 29.2. The van der Waals surface area contributed by atoms with Crippen LogP contribution in [-0.2, 0) is 19.6 Å². The van der Waals surface area contributed by atoms with Crippen LogP contribution in [0.2, 0.25) is 0 Å². The number of aliphatic carboxylic acids is 1. The van der Waals surface area contributed by atoms with Gasteiger partial charge in [0.05, 0.1) is 17.7 Å². The number of sulfonamides is 1. The molecular weight excluding hydrogens is 460 g/mol. The lowest BCUT2D eigenvalue weighted by Crippen LogP contribution is -2.52. The number of carboxylic acid groups (broad SMARTS) is 1. The van der Waals surface area contributed by atoms with Gasteiger partial charge in [-0.1, -0.05) is 12.8 Å². The van der Waals surface area contributed by atoms with E-state index in [4.69, 9.17) is 11.5 Å². The Morgan fingerprint density at radius 3 is 2.50 bits per heavy atom. The molecule has 11 nitrogen and oxygen atoms in total. The molecule has 2 aliphatic carbocycles. The van der Waals surface area contributed by atoms with Gasteiger partial charge < -0.3 is 27.2 Å². The van der Waals surface area contributed by atoms with Gasteiger partial charge >= 0.3 is 5.97 Å². The van der Waals surface area contributed by atoms with Gasteiger partial charge in [0, 0.05) is 18.0 Å². The van der Waals surface area contributed by atoms with E-state index < -0.39 is 27.3 Å². The maximum atomic E-state index is 13.2. The summed E-state index contributed by atoms with van der Waals surface area (Å²) in [5, 5.41) is 15.0. The molecule has 0 aromatic heterocycles. The Balaban J connectivity index is 1.58. The van der Waals surface area contributed by atoms with E-state index in [9.17, 15) is 23.1 Å². The van der Waals surface area contributed by atoms with Gasteiger partial charge in [-0.25, -0.2) is 13.1 Å². The third kappa shape index (κ3) is 7.81. The summed E-state index contributed by atoms with van der Waals surface area (Å²) in [4.78, 5) is 28.5. The molecule has 6 atom stereocenters. The van der Waals surface area contributed by atoms with Crippen LogP contribution in [0.5, 0.6) is 0 Å². The number of nitrogens with zero attached hydrogens (tertiary/aromatic N) is 1. The molecule has 3 rings (SSSR count). The molecule has 0 radical (unpaired) electrons. The standard InChI is InChI=1S/C22H40N6O5S/c23-22(24)27-16-6-1-4-14(10-16)21(31)26-17-7-2-8-18(11-17)34(32,33)28-19(12-20(29)30)15-5-3-9-25-13-15/h14-19,25,28H,1-13H2,(H,26,31)(H,29,30)(H4,23,24,27). The maximum absolute atomic E-state index is 13.2. The van der Waals surface area contributed by atoms with Crippen LogP contribution in [0.4, 0.5) is 0 Å². The first-order valence-corrected chi connectivity index (χ1v) is 14.0. The van der Waals surface area contributed by atoms with Gasteiger partial charge in [0.2, 0.25) is 15.9 Å². The van der Waals surface area contributed by atoms with E-state index in [0.29, 0.717) is 32.2 Å². The molecule has 194 valence electrons. The fourth-order valence-electron chi connectivity index (χ4n) is 5.63. The number of nitrogens with two attached hydrogens (primary N) is 2. The molecule has 0 spiro atoms. The summed E-state index contributed by atoms with van der Waals surface area (Å²) in [7, 11) is -3.73. The Hall–Kier alpha value is -1.92. The molecule has 1 amide bonds. The van der Waals surface area contributed by atoms with Crippen LogP contribution in [0, 0.1) is 11.8 Å². The van der Waals surface area contributed by atoms with E-state index in [0.717, 1.165) is 45.1 Å². The summed E-state index contributed by atoms with van der Waals surface area (Å²) in [6, 6.07) is -0.917. The fraction of sp³-hybridized carbons (Fsp3) is 0.864. The minimum Gasteiger partial charge on any atom is -0.481 e. The molecule has 1 saturated heterocycles. The maximum Gasteiger partial charge on any atom is 0.304 e. The van der Waals surface area contributed by atoms with Gasteiger partial charge in [-0.05, 0) is 70.4 Å². The monoisotopic (exact) mass is 500 g/mol. The molecule has 3 fully saturated rings. The number of amides is 1. The fourth-order valence-corrected chi connectivity index (χ4v) is 7.48. The zero-order valence-electron chi connectivity index (χ0n) is 19.7. The average Bonchev–Trinajstić information content (AvgIpc) is 2.79. The van der Waals surface area contributed by atoms with Crippen LogP contribution in [0.3, 0.4) is 0 Å². The summed E-state index contributed by atoms with van der Waals surface area (Å²) in [5.41, 5.74) is 11.0. The molecule has 1 heterocycles. The Morgan fingerprint density at radius 1 is 1.06 bits per heavy atom. The van der Waals surface area contributed by atoms with Crippen molar-refractivity contribution < 1.29 is 23.1 Å². The van der Waals surface area contributed by atoms with Crippen LogP contribution in [-0.4, -0.2) is 67.8 Å². The number of rotatable bonds is 9. The van der Waals surface area contributed by atoms with Crippen molar-refractivity contribution >= 4 is 27.9 Å². The number of carboxylic acids is 1. The topological polar surface area (TPSA) is 189 Å². The van der Waals surface area contributed by atoms with E-state index in [1.807, 2.05) is 0 Å². The number of piperidine rings is 1. The van der Waals surface area contributed by atoms with Crippen LogP contribution in [0.1, 0.15) is 70.6 Å². The van der Waals surface area contributed by atoms with Crippen molar-refractivity contribution in [2.24, 2.45) is 28.3 Å². The van der Waals surface area contributed by atoms with E-state index >= 15 is 0 Å². The first kappa shape index (κ1) is 26.7. The van der Waals surface area contributed by atoms with E-state index in [2.05, 4.69) is 20.3 Å². The largest absolute Gasteiger partial charge is 0.481 e. The van der Waals surface area contributed by atoms with Crippen molar-refractivity contribution in [2.45, 2.75) is 94.0 Å². The second kappa shape index (κ2) is 12.2. The van der Waals surface area contributed by atoms with Crippen molar-refractivity contribution in [2.75, 3.05) is 13.1 Å². The number of guanidine groups is 1. The number of aliphatic imine (C=N–C) groups is 1. The lowest BCUT2D eigenvalue weighted by Gasteiger charge is -2.35. The number of carbonyl (C=O) groups is 2. The highest BCUT2D eigenvalue weighted by atomic mass is 32.2. The van der Waals surface area contributed by atoms with Gasteiger partial charge in [-0.15, -0.1) is 0 Å². The van der Waals surface area contributed by atoms with Crippen molar-refractivity contribution in [3.05, 3.63) is 0 Å². The minimum absolute atomic E-state index is 0.0316. The van der Waals surface area contributed by atoms with E-state index in [-0.39, 0.29) is 42.2 Å². The van der Waals surface area contributed by atoms with E-state index in [1.54, 1.807) is 0 Å². The van der Waals surface area contributed by atoms with Crippen LogP contribution < -0.4 is 26.8 Å². The Bertz CT molecular complexity index is 841. The van der Waals surface area contributed by atoms with Crippen LogP contribution in [0.15, 0.2) is 4.99 Å². The molecule has 6 unspecified atom stereocenters. The zero-order valence-corrected chi connectivity index (χ0v) is 20.6. The van der Waals surface area contributed by atoms with Crippen molar-refractivity contribution in [1.82, 2.24) is 15.4 Å². The highest BCUT2D eigenvalue weighted by molar-refractivity contribution is 7.90. The normalized spacial score (nSPS) is 31.2. The highest BCUT2D eigenvalue weighted by Gasteiger charge is 2.37. The first-order valence-electron chi connectivity index (χ1n) is 12.5. The number of nitrogens with one attached hydrogen (secondary N) is 3. The Morgan fingerprint density at radius 2 is 1.82 bits per heavy atom. The molecule has 1 aliphatic heterocycles. The smallest absolute Gasteiger partial charge is 0.304 e. The van der Waals surface area contributed by atoms with Crippen LogP contribution >= 0.6 is 0 Å². The average molecular weight is 501 g/mol. The quantitative estimate of drug-likeness (QED) is 0.188. The summed E-state index contributed by atoms with van der Waals surface area (Å²) in [6.45, 7) is 1.47. The predicted octanol–water partition coefficient (Wildman–Crippen LogP) is 0.00830. The van der Waals surface area contributed by atoms with Crippen molar-refractivity contribution in [3.8, 4) is 0 Å². The Labute approximate surface area is 201 Å². The lowest BCUT2D eigenvalue weighted by atomic mass is 9.84. The molecule has 8 N–H and O–H groups in total. The predicted molar refractivity (Wildman–Crippen MR) is 129 cm³/mol. The zero-order chi connectivity index (χ0) is 24.7. The van der Waals surface area contributed by atoms with Gasteiger partial charge in [0.15, 0.2) is 5.96 Å².